The fraction of sp³-hybridized carbons (Fsp3) is 0.211. The van der Waals surface area contributed by atoms with E-state index < -0.39 is 0 Å². The standard InChI is InChI=1S/C19H19N3O/c1-21(18-5-4-15-3-2-12-23-19(15)13-18)16-6-8-17(9-7-16)22-11-10-20-14-22/h4-11,13-14H,2-3,12H2,1H3. The molecule has 0 fully saturated rings. The SMILES string of the molecule is CN(c1ccc(-n2ccnc2)cc1)c1ccc2c(c1)OCCC2. The zero-order chi connectivity index (χ0) is 15.6. The molecule has 0 atom stereocenters. The Balaban J connectivity index is 1.60. The van der Waals surface area contributed by atoms with Gasteiger partial charge in [0.1, 0.15) is 5.75 Å². The second-order valence-corrected chi connectivity index (χ2v) is 5.79. The van der Waals surface area contributed by atoms with Crippen LogP contribution < -0.4 is 9.64 Å². The number of rotatable bonds is 3. The zero-order valence-corrected chi connectivity index (χ0v) is 13.1. The molecule has 0 saturated heterocycles. The molecule has 0 unspecified atom stereocenters. The maximum atomic E-state index is 5.78. The van der Waals surface area contributed by atoms with Gasteiger partial charge in [-0.05, 0) is 48.7 Å². The fourth-order valence-electron chi connectivity index (χ4n) is 2.95. The first-order chi connectivity index (χ1) is 11.3. The van der Waals surface area contributed by atoms with Crippen molar-refractivity contribution in [2.45, 2.75) is 12.8 Å². The lowest BCUT2D eigenvalue weighted by molar-refractivity contribution is 0.288. The molecule has 2 aromatic carbocycles. The molecule has 0 spiro atoms. The number of ether oxygens (including phenoxy) is 1. The molecule has 4 nitrogen and oxygen atoms in total. The van der Waals surface area contributed by atoms with Crippen LogP contribution in [0.5, 0.6) is 5.75 Å². The van der Waals surface area contributed by atoms with E-state index in [1.54, 1.807) is 12.5 Å². The van der Waals surface area contributed by atoms with Gasteiger partial charge >= 0.3 is 0 Å². The van der Waals surface area contributed by atoms with Crippen LogP contribution >= 0.6 is 0 Å². The van der Waals surface area contributed by atoms with Crippen molar-refractivity contribution in [3.8, 4) is 11.4 Å². The normalized spacial score (nSPS) is 13.3. The van der Waals surface area contributed by atoms with Crippen molar-refractivity contribution >= 4 is 11.4 Å². The quantitative estimate of drug-likeness (QED) is 0.733. The number of aryl methyl sites for hydroxylation is 1. The van der Waals surface area contributed by atoms with Crippen molar-refractivity contribution in [1.82, 2.24) is 9.55 Å². The molecule has 0 N–H and O–H groups in total. The Morgan fingerprint density at radius 1 is 1.09 bits per heavy atom. The van der Waals surface area contributed by atoms with E-state index in [-0.39, 0.29) is 0 Å². The lowest BCUT2D eigenvalue weighted by Crippen LogP contribution is -2.12. The number of benzene rings is 2. The molecule has 1 aromatic heterocycles. The third-order valence-corrected chi connectivity index (χ3v) is 4.33. The second-order valence-electron chi connectivity index (χ2n) is 5.79. The number of hydrogen-bond acceptors (Lipinski definition) is 3. The van der Waals surface area contributed by atoms with Crippen molar-refractivity contribution in [1.29, 1.82) is 0 Å². The van der Waals surface area contributed by atoms with E-state index in [1.165, 1.54) is 5.56 Å². The molecule has 0 aliphatic carbocycles. The number of imidazole rings is 1. The first kappa shape index (κ1) is 13.9. The third-order valence-electron chi connectivity index (χ3n) is 4.33. The van der Waals surface area contributed by atoms with Gasteiger partial charge in [0.2, 0.25) is 0 Å². The van der Waals surface area contributed by atoms with Crippen molar-refractivity contribution in [2.24, 2.45) is 0 Å². The summed E-state index contributed by atoms with van der Waals surface area (Å²) in [5.74, 6) is 1.02. The van der Waals surface area contributed by atoms with Crippen LogP contribution in [0.15, 0.2) is 61.2 Å². The first-order valence-electron chi connectivity index (χ1n) is 7.89. The fourth-order valence-corrected chi connectivity index (χ4v) is 2.95. The van der Waals surface area contributed by atoms with Gasteiger partial charge in [0, 0.05) is 42.6 Å². The summed E-state index contributed by atoms with van der Waals surface area (Å²) < 4.78 is 7.78. The zero-order valence-electron chi connectivity index (χ0n) is 13.1. The van der Waals surface area contributed by atoms with Crippen LogP contribution in [-0.2, 0) is 6.42 Å². The lowest BCUT2D eigenvalue weighted by atomic mass is 10.1. The van der Waals surface area contributed by atoms with Gasteiger partial charge in [-0.15, -0.1) is 0 Å². The Bertz CT molecular complexity index is 794. The van der Waals surface area contributed by atoms with E-state index in [9.17, 15) is 0 Å². The van der Waals surface area contributed by atoms with E-state index in [4.69, 9.17) is 4.74 Å². The Kier molecular flexibility index (Phi) is 3.50. The minimum Gasteiger partial charge on any atom is -0.493 e. The van der Waals surface area contributed by atoms with Crippen LogP contribution in [0.25, 0.3) is 5.69 Å². The monoisotopic (exact) mass is 305 g/mol. The summed E-state index contributed by atoms with van der Waals surface area (Å²) in [6, 6.07) is 14.9. The molecule has 23 heavy (non-hydrogen) atoms. The van der Waals surface area contributed by atoms with Gasteiger partial charge in [0.05, 0.1) is 12.9 Å². The predicted octanol–water partition coefficient (Wildman–Crippen LogP) is 3.97. The van der Waals surface area contributed by atoms with Crippen LogP contribution in [0.4, 0.5) is 11.4 Å². The third kappa shape index (κ3) is 2.68. The summed E-state index contributed by atoms with van der Waals surface area (Å²) in [7, 11) is 2.08. The molecule has 0 radical (unpaired) electrons. The Labute approximate surface area is 136 Å². The van der Waals surface area contributed by atoms with Crippen LogP contribution in [0.1, 0.15) is 12.0 Å². The average Bonchev–Trinajstić information content (AvgIpc) is 3.15. The molecule has 3 aromatic rings. The Hall–Kier alpha value is -2.75. The van der Waals surface area contributed by atoms with Gasteiger partial charge < -0.3 is 14.2 Å². The second kappa shape index (κ2) is 5.80. The Morgan fingerprint density at radius 3 is 2.70 bits per heavy atom. The molecule has 2 heterocycles. The molecular formula is C19H19N3O. The number of fused-ring (bicyclic) bond motifs is 1. The largest absolute Gasteiger partial charge is 0.493 e. The van der Waals surface area contributed by atoms with Gasteiger partial charge in [-0.25, -0.2) is 4.98 Å². The van der Waals surface area contributed by atoms with Gasteiger partial charge in [-0.2, -0.15) is 0 Å². The van der Waals surface area contributed by atoms with Crippen LogP contribution in [0.3, 0.4) is 0 Å². The van der Waals surface area contributed by atoms with Crippen LogP contribution in [0.2, 0.25) is 0 Å². The average molecular weight is 305 g/mol. The van der Waals surface area contributed by atoms with Gasteiger partial charge in [-0.1, -0.05) is 6.07 Å². The van der Waals surface area contributed by atoms with Gasteiger partial charge in [0.15, 0.2) is 0 Å². The molecule has 0 saturated carbocycles. The van der Waals surface area contributed by atoms with Crippen molar-refractivity contribution < 1.29 is 4.74 Å². The highest BCUT2D eigenvalue weighted by Crippen LogP contribution is 2.32. The topological polar surface area (TPSA) is 30.3 Å². The highest BCUT2D eigenvalue weighted by Gasteiger charge is 2.13. The van der Waals surface area contributed by atoms with Crippen LogP contribution in [-0.4, -0.2) is 23.2 Å². The van der Waals surface area contributed by atoms with E-state index in [0.717, 1.165) is 42.3 Å². The number of hydrogen-bond donors (Lipinski definition) is 0. The van der Waals surface area contributed by atoms with E-state index in [0.29, 0.717) is 0 Å². The number of nitrogens with zero attached hydrogens (tertiary/aromatic N) is 3. The van der Waals surface area contributed by atoms with E-state index >= 15 is 0 Å². The summed E-state index contributed by atoms with van der Waals surface area (Å²) in [5.41, 5.74) is 4.70. The van der Waals surface area contributed by atoms with E-state index in [1.807, 2.05) is 10.8 Å². The summed E-state index contributed by atoms with van der Waals surface area (Å²) in [4.78, 5) is 6.26. The van der Waals surface area contributed by atoms with Crippen molar-refractivity contribution in [3.05, 3.63) is 66.7 Å². The van der Waals surface area contributed by atoms with E-state index in [2.05, 4.69) is 59.4 Å². The maximum absolute atomic E-state index is 5.78. The molecule has 1 aliphatic heterocycles. The van der Waals surface area contributed by atoms with Gasteiger partial charge in [-0.3, -0.25) is 0 Å². The summed E-state index contributed by atoms with van der Waals surface area (Å²) in [5, 5.41) is 0. The Morgan fingerprint density at radius 2 is 1.91 bits per heavy atom. The van der Waals surface area contributed by atoms with Gasteiger partial charge in [0.25, 0.3) is 0 Å². The molecule has 4 rings (SSSR count). The molecule has 0 bridgehead atoms. The minimum atomic E-state index is 0.819. The maximum Gasteiger partial charge on any atom is 0.124 e. The smallest absolute Gasteiger partial charge is 0.124 e. The summed E-state index contributed by atoms with van der Waals surface area (Å²) in [6.45, 7) is 0.819. The highest BCUT2D eigenvalue weighted by molar-refractivity contribution is 5.65. The molecule has 116 valence electrons. The molecular weight excluding hydrogens is 286 g/mol. The molecule has 1 aliphatic rings. The molecule has 4 heteroatoms. The minimum absolute atomic E-state index is 0.819. The van der Waals surface area contributed by atoms with Crippen molar-refractivity contribution in [3.63, 3.8) is 0 Å². The van der Waals surface area contributed by atoms with Crippen molar-refractivity contribution in [2.75, 3.05) is 18.6 Å². The summed E-state index contributed by atoms with van der Waals surface area (Å²) in [6.07, 6.45) is 7.75. The first-order valence-corrected chi connectivity index (χ1v) is 7.89. The predicted molar refractivity (Wildman–Crippen MR) is 91.9 cm³/mol. The van der Waals surface area contributed by atoms with Crippen LogP contribution in [0, 0.1) is 0 Å². The number of anilines is 2. The number of aromatic nitrogens is 2. The summed E-state index contributed by atoms with van der Waals surface area (Å²) >= 11 is 0. The molecule has 0 amide bonds. The lowest BCUT2D eigenvalue weighted by Gasteiger charge is -2.23. The highest BCUT2D eigenvalue weighted by atomic mass is 16.5.